The first-order chi connectivity index (χ1) is 10.8. The molecule has 1 saturated carbocycles. The number of carbonyl (C=O) groups is 2. The van der Waals surface area contributed by atoms with Crippen molar-refractivity contribution in [2.75, 3.05) is 0 Å². The van der Waals surface area contributed by atoms with E-state index in [1.807, 2.05) is 6.08 Å². The smallest absolute Gasteiger partial charge is 0.312 e. The van der Waals surface area contributed by atoms with Gasteiger partial charge in [-0.05, 0) is 45.6 Å². The third kappa shape index (κ3) is 2.40. The summed E-state index contributed by atoms with van der Waals surface area (Å²) in [5.74, 6) is -0.513. The van der Waals surface area contributed by atoms with Gasteiger partial charge in [-0.15, -0.1) is 0 Å². The van der Waals surface area contributed by atoms with Crippen LogP contribution in [0.3, 0.4) is 0 Å². The normalized spacial score (nSPS) is 46.0. The lowest BCUT2D eigenvalue weighted by Crippen LogP contribution is -2.38. The van der Waals surface area contributed by atoms with Crippen LogP contribution in [0.2, 0.25) is 0 Å². The highest BCUT2D eigenvalue weighted by atomic mass is 16.6. The summed E-state index contributed by atoms with van der Waals surface area (Å²) in [6.45, 7) is 5.58. The molecule has 5 nitrogen and oxygen atoms in total. The summed E-state index contributed by atoms with van der Waals surface area (Å²) in [5, 5.41) is 0. The maximum atomic E-state index is 12.4. The van der Waals surface area contributed by atoms with Gasteiger partial charge in [0, 0.05) is 13.3 Å². The molecule has 0 bridgehead atoms. The molecular weight excluding hydrogens is 296 g/mol. The van der Waals surface area contributed by atoms with Crippen molar-refractivity contribution in [3.05, 3.63) is 11.6 Å². The monoisotopic (exact) mass is 320 g/mol. The Morgan fingerprint density at radius 1 is 1.39 bits per heavy atom. The third-order valence-corrected chi connectivity index (χ3v) is 6.04. The zero-order valence-corrected chi connectivity index (χ0v) is 14.0. The minimum Gasteiger partial charge on any atom is -0.461 e. The lowest BCUT2D eigenvalue weighted by atomic mass is 9.78. The van der Waals surface area contributed by atoms with E-state index in [-0.39, 0.29) is 41.8 Å². The predicted octanol–water partition coefficient (Wildman–Crippen LogP) is 2.53. The molecule has 1 spiro atoms. The molecule has 126 valence electrons. The molecule has 0 amide bonds. The van der Waals surface area contributed by atoms with Crippen molar-refractivity contribution < 1.29 is 23.8 Å². The third-order valence-electron chi connectivity index (χ3n) is 6.04. The Morgan fingerprint density at radius 3 is 2.78 bits per heavy atom. The molecule has 0 aromatic rings. The van der Waals surface area contributed by atoms with Crippen molar-refractivity contribution in [2.24, 2.45) is 11.3 Å². The van der Waals surface area contributed by atoms with Gasteiger partial charge in [0.15, 0.2) is 0 Å². The first kappa shape index (κ1) is 15.2. The summed E-state index contributed by atoms with van der Waals surface area (Å²) in [7, 11) is 0. The average molecular weight is 320 g/mol. The van der Waals surface area contributed by atoms with E-state index in [0.717, 1.165) is 25.7 Å². The second kappa shape index (κ2) is 4.82. The van der Waals surface area contributed by atoms with Crippen LogP contribution in [0.5, 0.6) is 0 Å². The van der Waals surface area contributed by atoms with Crippen molar-refractivity contribution in [2.45, 2.75) is 76.8 Å². The van der Waals surface area contributed by atoms with E-state index in [4.69, 9.17) is 14.2 Å². The van der Waals surface area contributed by atoms with E-state index in [9.17, 15) is 9.59 Å². The number of fused-ring (bicyclic) bond motifs is 3. The molecule has 0 aromatic carbocycles. The van der Waals surface area contributed by atoms with Gasteiger partial charge < -0.3 is 14.2 Å². The van der Waals surface area contributed by atoms with Crippen molar-refractivity contribution in [3.8, 4) is 0 Å². The Kier molecular flexibility index (Phi) is 3.18. The van der Waals surface area contributed by atoms with Crippen LogP contribution in [0, 0.1) is 11.3 Å². The number of ether oxygens (including phenoxy) is 3. The van der Waals surface area contributed by atoms with Gasteiger partial charge in [0.2, 0.25) is 0 Å². The van der Waals surface area contributed by atoms with Gasteiger partial charge in [0.25, 0.3) is 0 Å². The molecule has 0 aromatic heterocycles. The summed E-state index contributed by atoms with van der Waals surface area (Å²) in [6.07, 6.45) is 5.91. The van der Waals surface area contributed by atoms with Gasteiger partial charge in [0.05, 0.1) is 23.0 Å². The van der Waals surface area contributed by atoms with Crippen molar-refractivity contribution in [1.82, 2.24) is 0 Å². The van der Waals surface area contributed by atoms with Crippen LogP contribution in [0.4, 0.5) is 0 Å². The highest BCUT2D eigenvalue weighted by molar-refractivity contribution is 5.83. The molecule has 0 unspecified atom stereocenters. The number of hydrogen-bond acceptors (Lipinski definition) is 5. The Bertz CT molecular complexity index is 590. The Labute approximate surface area is 136 Å². The average Bonchev–Trinajstić information content (AvgIpc) is 3.31. The van der Waals surface area contributed by atoms with Crippen molar-refractivity contribution >= 4 is 11.9 Å². The van der Waals surface area contributed by atoms with Gasteiger partial charge >= 0.3 is 11.9 Å². The maximum Gasteiger partial charge on any atom is 0.312 e. The summed E-state index contributed by atoms with van der Waals surface area (Å²) in [6, 6.07) is 0. The molecule has 23 heavy (non-hydrogen) atoms. The van der Waals surface area contributed by atoms with E-state index < -0.39 is 5.41 Å². The number of hydrogen-bond donors (Lipinski definition) is 0. The summed E-state index contributed by atoms with van der Waals surface area (Å²) < 4.78 is 17.3. The number of epoxide rings is 1. The van der Waals surface area contributed by atoms with Crippen molar-refractivity contribution in [3.63, 3.8) is 0 Å². The van der Waals surface area contributed by atoms with Crippen LogP contribution in [0.15, 0.2) is 11.6 Å². The van der Waals surface area contributed by atoms with E-state index in [0.29, 0.717) is 6.42 Å². The van der Waals surface area contributed by atoms with Gasteiger partial charge in [-0.1, -0.05) is 5.57 Å². The van der Waals surface area contributed by atoms with Crippen LogP contribution in [-0.4, -0.2) is 35.9 Å². The molecule has 0 radical (unpaired) electrons. The summed E-state index contributed by atoms with van der Waals surface area (Å²) in [4.78, 5) is 24.0. The lowest BCUT2D eigenvalue weighted by Gasteiger charge is -2.29. The quantitative estimate of drug-likeness (QED) is 0.422. The SMILES string of the molecule is CC(=O)O[C@H]1/C=C(\C)CC[C@@H]2O[C@]2(C)C[C@H]2OC(=O)C3(CC3)[C@H]12. The molecule has 3 fully saturated rings. The fraction of sp³-hybridized carbons (Fsp3) is 0.778. The minimum absolute atomic E-state index is 0.0892. The maximum absolute atomic E-state index is 12.4. The van der Waals surface area contributed by atoms with Gasteiger partial charge in [-0.2, -0.15) is 0 Å². The van der Waals surface area contributed by atoms with Crippen LogP contribution in [0.1, 0.15) is 52.9 Å². The lowest BCUT2D eigenvalue weighted by molar-refractivity contribution is -0.148. The fourth-order valence-electron chi connectivity index (χ4n) is 4.55. The van der Waals surface area contributed by atoms with Crippen LogP contribution in [0.25, 0.3) is 0 Å². The number of allylic oxidation sites excluding steroid dienone is 1. The van der Waals surface area contributed by atoms with E-state index >= 15 is 0 Å². The van der Waals surface area contributed by atoms with E-state index in [1.165, 1.54) is 12.5 Å². The summed E-state index contributed by atoms with van der Waals surface area (Å²) in [5.41, 5.74) is 0.536. The van der Waals surface area contributed by atoms with Crippen LogP contribution in [-0.2, 0) is 23.8 Å². The highest BCUT2D eigenvalue weighted by Gasteiger charge is 2.69. The second-order valence-electron chi connectivity index (χ2n) is 7.87. The molecular formula is C18H24O5. The Balaban J connectivity index is 1.72. The summed E-state index contributed by atoms with van der Waals surface area (Å²) >= 11 is 0. The largest absolute Gasteiger partial charge is 0.461 e. The van der Waals surface area contributed by atoms with Gasteiger partial charge in [-0.3, -0.25) is 9.59 Å². The molecule has 2 saturated heterocycles. The first-order valence-corrected chi connectivity index (χ1v) is 8.57. The molecule has 2 aliphatic heterocycles. The molecule has 4 rings (SSSR count). The predicted molar refractivity (Wildman–Crippen MR) is 81.5 cm³/mol. The Morgan fingerprint density at radius 2 is 2.13 bits per heavy atom. The number of rotatable bonds is 1. The van der Waals surface area contributed by atoms with Crippen LogP contribution >= 0.6 is 0 Å². The topological polar surface area (TPSA) is 65.1 Å². The van der Waals surface area contributed by atoms with Crippen molar-refractivity contribution in [1.29, 1.82) is 0 Å². The van der Waals surface area contributed by atoms with E-state index in [2.05, 4.69) is 13.8 Å². The van der Waals surface area contributed by atoms with Gasteiger partial charge in [-0.25, -0.2) is 0 Å². The van der Waals surface area contributed by atoms with E-state index in [1.54, 1.807) is 0 Å². The molecule has 4 aliphatic rings. The van der Waals surface area contributed by atoms with Gasteiger partial charge in [0.1, 0.15) is 12.2 Å². The highest BCUT2D eigenvalue weighted by Crippen LogP contribution is 2.62. The molecule has 0 N–H and O–H groups in total. The fourth-order valence-corrected chi connectivity index (χ4v) is 4.55. The zero-order chi connectivity index (χ0) is 16.4. The second-order valence-corrected chi connectivity index (χ2v) is 7.87. The Hall–Kier alpha value is -1.36. The standard InChI is InChI=1S/C18H24O5/c1-10-4-5-14-17(3,23-14)9-13-15(12(8-10)21-11(2)19)18(6-7-18)16(20)22-13/h8,12-15H,4-7,9H2,1-3H3/b10-8+/t12-,13+,14-,15+,17+/m0/s1. The molecule has 2 heterocycles. The number of carbonyl (C=O) groups excluding carboxylic acids is 2. The first-order valence-electron chi connectivity index (χ1n) is 8.57. The molecule has 5 atom stereocenters. The molecule has 5 heteroatoms. The van der Waals surface area contributed by atoms with Crippen LogP contribution < -0.4 is 0 Å². The number of esters is 2. The minimum atomic E-state index is -0.443. The molecule has 2 aliphatic carbocycles. The zero-order valence-electron chi connectivity index (χ0n) is 14.0.